The van der Waals surface area contributed by atoms with Crippen molar-refractivity contribution in [3.8, 4) is 11.4 Å². The zero-order valence-electron chi connectivity index (χ0n) is 16.9. The number of esters is 1. The molecule has 0 spiro atoms. The second kappa shape index (κ2) is 9.21. The highest BCUT2D eigenvalue weighted by Gasteiger charge is 2.21. The van der Waals surface area contributed by atoms with Gasteiger partial charge in [-0.05, 0) is 50.2 Å². The summed E-state index contributed by atoms with van der Waals surface area (Å²) in [5.74, 6) is -0.340. The number of halogens is 1. The van der Waals surface area contributed by atoms with Gasteiger partial charge in [-0.15, -0.1) is 0 Å². The predicted octanol–water partition coefficient (Wildman–Crippen LogP) is 3.56. The fourth-order valence-electron chi connectivity index (χ4n) is 3.04. The lowest BCUT2D eigenvalue weighted by atomic mass is 10.1. The van der Waals surface area contributed by atoms with Crippen LogP contribution in [0.4, 0.5) is 10.1 Å². The number of rotatable bonds is 7. The van der Waals surface area contributed by atoms with Crippen molar-refractivity contribution in [2.45, 2.75) is 20.3 Å². The molecule has 3 rings (SSSR count). The molecule has 1 heterocycles. The van der Waals surface area contributed by atoms with Crippen LogP contribution in [-0.2, 0) is 16.0 Å². The Balaban J connectivity index is 2.13. The maximum atomic E-state index is 13.3. The van der Waals surface area contributed by atoms with E-state index in [4.69, 9.17) is 9.47 Å². The highest BCUT2D eigenvalue weighted by Crippen LogP contribution is 2.27. The fourth-order valence-corrected chi connectivity index (χ4v) is 3.04. The van der Waals surface area contributed by atoms with Crippen LogP contribution < -0.4 is 10.3 Å². The third-order valence-electron chi connectivity index (χ3n) is 4.41. The molecule has 0 amide bonds. The van der Waals surface area contributed by atoms with Crippen LogP contribution in [0.2, 0.25) is 0 Å². The van der Waals surface area contributed by atoms with Crippen molar-refractivity contribution >= 4 is 17.4 Å². The number of aromatic nitrogens is 2. The van der Waals surface area contributed by atoms with E-state index >= 15 is 0 Å². The van der Waals surface area contributed by atoms with E-state index in [9.17, 15) is 14.0 Å². The smallest absolute Gasteiger partial charge is 0.311 e. The first-order valence-electron chi connectivity index (χ1n) is 9.38. The van der Waals surface area contributed by atoms with Crippen molar-refractivity contribution in [1.82, 2.24) is 9.78 Å². The molecule has 156 valence electrons. The number of aromatic amines is 1. The number of hydrogen-bond donors (Lipinski definition) is 1. The van der Waals surface area contributed by atoms with Gasteiger partial charge in [0.1, 0.15) is 17.3 Å². The Morgan fingerprint density at radius 3 is 2.53 bits per heavy atom. The number of methoxy groups -OCH3 is 1. The molecule has 8 heteroatoms. The van der Waals surface area contributed by atoms with Gasteiger partial charge in [0.2, 0.25) is 0 Å². The molecule has 0 aliphatic heterocycles. The Bertz CT molecular complexity index is 1130. The number of H-pyrrole nitrogens is 1. The average molecular weight is 411 g/mol. The van der Waals surface area contributed by atoms with Crippen molar-refractivity contribution in [2.75, 3.05) is 13.7 Å². The molecule has 3 aromatic rings. The van der Waals surface area contributed by atoms with Crippen LogP contribution in [0.5, 0.6) is 5.75 Å². The summed E-state index contributed by atoms with van der Waals surface area (Å²) < 4.78 is 24.9. The number of carbonyl (C=O) groups is 1. The minimum Gasteiger partial charge on any atom is -0.492 e. The van der Waals surface area contributed by atoms with E-state index in [2.05, 4.69) is 10.1 Å². The Morgan fingerprint density at radius 1 is 1.17 bits per heavy atom. The van der Waals surface area contributed by atoms with E-state index in [0.717, 1.165) is 0 Å². The largest absolute Gasteiger partial charge is 0.492 e. The Labute approximate surface area is 172 Å². The maximum absolute atomic E-state index is 13.3. The molecule has 0 fully saturated rings. The second-order valence-electron chi connectivity index (χ2n) is 6.43. The summed E-state index contributed by atoms with van der Waals surface area (Å²) in [6.07, 6.45) is -0.144. The molecular weight excluding hydrogens is 389 g/mol. The molecule has 1 aromatic heterocycles. The first kappa shape index (κ1) is 21.0. The number of hydrogen-bond acceptors (Lipinski definition) is 5. The van der Waals surface area contributed by atoms with Crippen molar-refractivity contribution in [3.63, 3.8) is 0 Å². The molecule has 1 N–H and O–H groups in total. The van der Waals surface area contributed by atoms with Gasteiger partial charge in [0.15, 0.2) is 0 Å². The van der Waals surface area contributed by atoms with Crippen molar-refractivity contribution < 1.29 is 18.7 Å². The van der Waals surface area contributed by atoms with Crippen LogP contribution in [0.1, 0.15) is 25.1 Å². The minimum absolute atomic E-state index is 0.144. The molecule has 0 atom stereocenters. The Hall–Kier alpha value is -3.68. The summed E-state index contributed by atoms with van der Waals surface area (Å²) in [4.78, 5) is 29.6. The van der Waals surface area contributed by atoms with Gasteiger partial charge in [0, 0.05) is 0 Å². The molecule has 0 radical (unpaired) electrons. The quantitative estimate of drug-likeness (QED) is 0.476. The van der Waals surface area contributed by atoms with Crippen molar-refractivity contribution in [3.05, 3.63) is 76.0 Å². The highest BCUT2D eigenvalue weighted by atomic mass is 19.1. The topological polar surface area (TPSA) is 85.7 Å². The molecule has 0 aliphatic rings. The average Bonchev–Trinajstić information content (AvgIpc) is 3.06. The summed E-state index contributed by atoms with van der Waals surface area (Å²) in [7, 11) is 1.27. The lowest BCUT2D eigenvalue weighted by molar-refractivity contribution is -0.139. The van der Waals surface area contributed by atoms with Crippen LogP contribution in [0.3, 0.4) is 0 Å². The second-order valence-corrected chi connectivity index (χ2v) is 6.43. The van der Waals surface area contributed by atoms with Crippen molar-refractivity contribution in [1.29, 1.82) is 0 Å². The number of nitrogens with zero attached hydrogens (tertiary/aromatic N) is 2. The monoisotopic (exact) mass is 411 g/mol. The van der Waals surface area contributed by atoms with E-state index in [1.165, 1.54) is 36.1 Å². The number of para-hydroxylation sites is 2. The van der Waals surface area contributed by atoms with Gasteiger partial charge >= 0.3 is 5.97 Å². The minimum atomic E-state index is -0.508. The van der Waals surface area contributed by atoms with E-state index in [1.54, 1.807) is 19.1 Å². The summed E-state index contributed by atoms with van der Waals surface area (Å²) in [5.41, 5.74) is 1.59. The molecule has 0 aliphatic carbocycles. The van der Waals surface area contributed by atoms with Gasteiger partial charge < -0.3 is 9.47 Å². The van der Waals surface area contributed by atoms with Crippen LogP contribution in [-0.4, -0.2) is 35.2 Å². The van der Waals surface area contributed by atoms with E-state index in [0.29, 0.717) is 35.1 Å². The standard InChI is InChI=1S/C22H22FN3O4/c1-4-30-19-8-6-5-7-17(19)24-14(2)21-18(13-20(27)29-3)25-26(22(21)28)16-11-9-15(23)10-12-16/h5-12,25H,4,13H2,1-3H3. The summed E-state index contributed by atoms with van der Waals surface area (Å²) >= 11 is 0. The fraction of sp³-hybridized carbons (Fsp3) is 0.227. The van der Waals surface area contributed by atoms with Crippen LogP contribution in [0, 0.1) is 5.82 Å². The van der Waals surface area contributed by atoms with Gasteiger partial charge in [-0.2, -0.15) is 0 Å². The normalized spacial score (nSPS) is 11.4. The van der Waals surface area contributed by atoms with Crippen LogP contribution >= 0.6 is 0 Å². The lowest BCUT2D eigenvalue weighted by Gasteiger charge is -2.07. The number of nitrogens with one attached hydrogen (secondary N) is 1. The third-order valence-corrected chi connectivity index (χ3v) is 4.41. The van der Waals surface area contributed by atoms with Gasteiger partial charge in [-0.25, -0.2) is 14.1 Å². The SMILES string of the molecule is CCOc1ccccc1N=C(C)c1c(CC(=O)OC)[nH]n(-c2ccc(F)cc2)c1=O. The zero-order chi connectivity index (χ0) is 21.7. The highest BCUT2D eigenvalue weighted by molar-refractivity contribution is 6.02. The molecule has 2 aromatic carbocycles. The number of benzene rings is 2. The Kier molecular flexibility index (Phi) is 6.46. The van der Waals surface area contributed by atoms with E-state index in [1.807, 2.05) is 19.1 Å². The van der Waals surface area contributed by atoms with Gasteiger partial charge in [0.25, 0.3) is 5.56 Å². The number of aliphatic imine (C=N–C) groups is 1. The summed E-state index contributed by atoms with van der Waals surface area (Å²) in [5, 5.41) is 2.93. The first-order chi connectivity index (χ1) is 14.4. The van der Waals surface area contributed by atoms with Crippen LogP contribution in [0.25, 0.3) is 5.69 Å². The van der Waals surface area contributed by atoms with Gasteiger partial charge in [-0.1, -0.05) is 12.1 Å². The van der Waals surface area contributed by atoms with Gasteiger partial charge in [0.05, 0.1) is 42.8 Å². The molecule has 0 bridgehead atoms. The van der Waals surface area contributed by atoms with Crippen molar-refractivity contribution in [2.24, 2.45) is 4.99 Å². The summed E-state index contributed by atoms with van der Waals surface area (Å²) in [6.45, 7) is 4.03. The molecular formula is C22H22FN3O4. The lowest BCUT2D eigenvalue weighted by Crippen LogP contribution is -2.20. The molecule has 0 saturated heterocycles. The van der Waals surface area contributed by atoms with Crippen LogP contribution in [0.15, 0.2) is 58.3 Å². The van der Waals surface area contributed by atoms with E-state index in [-0.39, 0.29) is 12.0 Å². The third kappa shape index (κ3) is 4.48. The predicted molar refractivity (Wildman–Crippen MR) is 112 cm³/mol. The van der Waals surface area contributed by atoms with E-state index < -0.39 is 17.3 Å². The number of carbonyl (C=O) groups excluding carboxylic acids is 1. The Morgan fingerprint density at radius 2 is 1.87 bits per heavy atom. The maximum Gasteiger partial charge on any atom is 0.311 e. The molecule has 0 unspecified atom stereocenters. The zero-order valence-corrected chi connectivity index (χ0v) is 16.9. The molecule has 0 saturated carbocycles. The number of ether oxygens (including phenoxy) is 2. The summed E-state index contributed by atoms with van der Waals surface area (Å²) in [6, 6.07) is 12.7. The first-order valence-corrected chi connectivity index (χ1v) is 9.38. The van der Waals surface area contributed by atoms with Gasteiger partial charge in [-0.3, -0.25) is 14.7 Å². The molecule has 7 nitrogen and oxygen atoms in total. The molecule has 30 heavy (non-hydrogen) atoms.